The van der Waals surface area contributed by atoms with Crippen LogP contribution in [0, 0.1) is 12.8 Å². The highest BCUT2D eigenvalue weighted by atomic mass is 16.5. The Labute approximate surface area is 90.9 Å². The van der Waals surface area contributed by atoms with Crippen molar-refractivity contribution in [1.82, 2.24) is 4.98 Å². The summed E-state index contributed by atoms with van der Waals surface area (Å²) in [6.45, 7) is 4.97. The minimum Gasteiger partial charge on any atom is -0.383 e. The molecule has 15 heavy (non-hydrogen) atoms. The predicted octanol–water partition coefficient (Wildman–Crippen LogP) is 2.23. The monoisotopic (exact) mass is 206 g/mol. The van der Waals surface area contributed by atoms with Crippen molar-refractivity contribution in [2.45, 2.75) is 19.8 Å². The molecule has 0 saturated carbocycles. The molecule has 3 heteroatoms. The van der Waals surface area contributed by atoms with E-state index in [-0.39, 0.29) is 0 Å². The Morgan fingerprint density at radius 3 is 3.00 bits per heavy atom. The average molecular weight is 206 g/mol. The van der Waals surface area contributed by atoms with Gasteiger partial charge in [0.2, 0.25) is 0 Å². The number of hydrogen-bond acceptors (Lipinski definition) is 3. The van der Waals surface area contributed by atoms with Crippen molar-refractivity contribution >= 4 is 5.69 Å². The molecule has 0 radical (unpaired) electrons. The molecule has 1 aromatic rings. The molecule has 0 aromatic carbocycles. The van der Waals surface area contributed by atoms with Gasteiger partial charge in [0.1, 0.15) is 0 Å². The molecule has 3 nitrogen and oxygen atoms in total. The van der Waals surface area contributed by atoms with E-state index in [2.05, 4.69) is 17.2 Å². The summed E-state index contributed by atoms with van der Waals surface area (Å²) < 4.78 is 5.34. The van der Waals surface area contributed by atoms with Crippen LogP contribution in [0.5, 0.6) is 0 Å². The van der Waals surface area contributed by atoms with Crippen LogP contribution in [-0.2, 0) is 4.74 Å². The van der Waals surface area contributed by atoms with E-state index in [1.807, 2.05) is 18.5 Å². The number of nitrogens with zero attached hydrogens (tertiary/aromatic N) is 1. The standard InChI is InChI=1S/C12H18N2O/c1-10-2-5-13-9-12(10)14-8-11-3-6-15-7-4-11/h2,5,9,11,14H,3-4,6-8H2,1H3. The van der Waals surface area contributed by atoms with Gasteiger partial charge < -0.3 is 10.1 Å². The SMILES string of the molecule is Cc1ccncc1NCC1CCOCC1. The van der Waals surface area contributed by atoms with E-state index in [9.17, 15) is 0 Å². The second-order valence-electron chi connectivity index (χ2n) is 4.13. The first-order valence-corrected chi connectivity index (χ1v) is 5.58. The molecular weight excluding hydrogens is 188 g/mol. The molecule has 0 aliphatic carbocycles. The zero-order valence-electron chi connectivity index (χ0n) is 9.20. The average Bonchev–Trinajstić information content (AvgIpc) is 2.29. The van der Waals surface area contributed by atoms with Crippen molar-refractivity contribution in [2.24, 2.45) is 5.92 Å². The van der Waals surface area contributed by atoms with Gasteiger partial charge in [0, 0.05) is 26.0 Å². The maximum absolute atomic E-state index is 5.34. The van der Waals surface area contributed by atoms with Crippen molar-refractivity contribution in [2.75, 3.05) is 25.1 Å². The van der Waals surface area contributed by atoms with E-state index in [1.165, 1.54) is 18.4 Å². The first-order chi connectivity index (χ1) is 7.36. The summed E-state index contributed by atoms with van der Waals surface area (Å²) in [5, 5.41) is 3.46. The Morgan fingerprint density at radius 2 is 2.27 bits per heavy atom. The summed E-state index contributed by atoms with van der Waals surface area (Å²) in [7, 11) is 0. The summed E-state index contributed by atoms with van der Waals surface area (Å²) >= 11 is 0. The molecule has 1 saturated heterocycles. The molecule has 2 heterocycles. The fourth-order valence-electron chi connectivity index (χ4n) is 1.85. The Bertz CT molecular complexity index is 308. The molecule has 0 atom stereocenters. The van der Waals surface area contributed by atoms with Crippen LogP contribution in [0.2, 0.25) is 0 Å². The van der Waals surface area contributed by atoms with Crippen LogP contribution in [0.3, 0.4) is 0 Å². The highest BCUT2D eigenvalue weighted by Crippen LogP contribution is 2.17. The van der Waals surface area contributed by atoms with Gasteiger partial charge in [-0.1, -0.05) is 0 Å². The van der Waals surface area contributed by atoms with Crippen molar-refractivity contribution in [3.63, 3.8) is 0 Å². The van der Waals surface area contributed by atoms with Gasteiger partial charge in [-0.15, -0.1) is 0 Å². The van der Waals surface area contributed by atoms with Crippen molar-refractivity contribution < 1.29 is 4.74 Å². The van der Waals surface area contributed by atoms with Gasteiger partial charge >= 0.3 is 0 Å². The molecule has 2 rings (SSSR count). The number of hydrogen-bond donors (Lipinski definition) is 1. The molecule has 1 aliphatic rings. The van der Waals surface area contributed by atoms with Gasteiger partial charge in [-0.3, -0.25) is 4.98 Å². The van der Waals surface area contributed by atoms with Gasteiger partial charge in [-0.05, 0) is 37.3 Å². The van der Waals surface area contributed by atoms with Crippen LogP contribution < -0.4 is 5.32 Å². The van der Waals surface area contributed by atoms with Crippen molar-refractivity contribution in [1.29, 1.82) is 0 Å². The molecule has 0 spiro atoms. The Kier molecular flexibility index (Phi) is 3.56. The third kappa shape index (κ3) is 2.93. The molecule has 1 N–H and O–H groups in total. The molecule has 82 valence electrons. The number of aryl methyl sites for hydroxylation is 1. The Balaban J connectivity index is 1.84. The molecular formula is C12H18N2O. The number of anilines is 1. The topological polar surface area (TPSA) is 34.2 Å². The van der Waals surface area contributed by atoms with Crippen LogP contribution >= 0.6 is 0 Å². The smallest absolute Gasteiger partial charge is 0.0556 e. The van der Waals surface area contributed by atoms with E-state index < -0.39 is 0 Å². The summed E-state index contributed by atoms with van der Waals surface area (Å²) in [5.74, 6) is 0.748. The zero-order chi connectivity index (χ0) is 10.5. The number of pyridine rings is 1. The van der Waals surface area contributed by atoms with Crippen LogP contribution in [0.15, 0.2) is 18.5 Å². The molecule has 0 unspecified atom stereocenters. The van der Waals surface area contributed by atoms with Gasteiger partial charge in [0.05, 0.1) is 11.9 Å². The highest BCUT2D eigenvalue weighted by molar-refractivity contribution is 5.47. The van der Waals surface area contributed by atoms with E-state index in [4.69, 9.17) is 4.74 Å². The number of ether oxygens (including phenoxy) is 1. The van der Waals surface area contributed by atoms with Crippen LogP contribution in [0.4, 0.5) is 5.69 Å². The minimum absolute atomic E-state index is 0.748. The quantitative estimate of drug-likeness (QED) is 0.823. The lowest BCUT2D eigenvalue weighted by Gasteiger charge is -2.22. The number of aromatic nitrogens is 1. The molecule has 1 fully saturated rings. The number of rotatable bonds is 3. The van der Waals surface area contributed by atoms with Crippen molar-refractivity contribution in [3.05, 3.63) is 24.0 Å². The number of nitrogens with one attached hydrogen (secondary N) is 1. The van der Waals surface area contributed by atoms with Gasteiger partial charge in [-0.2, -0.15) is 0 Å². The lowest BCUT2D eigenvalue weighted by Crippen LogP contribution is -2.22. The molecule has 1 aliphatic heterocycles. The van der Waals surface area contributed by atoms with E-state index in [0.29, 0.717) is 0 Å². The summed E-state index contributed by atoms with van der Waals surface area (Å²) in [6, 6.07) is 2.03. The third-order valence-electron chi connectivity index (χ3n) is 2.96. The predicted molar refractivity (Wildman–Crippen MR) is 61.0 cm³/mol. The third-order valence-corrected chi connectivity index (χ3v) is 2.96. The first-order valence-electron chi connectivity index (χ1n) is 5.58. The highest BCUT2D eigenvalue weighted by Gasteiger charge is 2.13. The van der Waals surface area contributed by atoms with Gasteiger partial charge in [-0.25, -0.2) is 0 Å². The Morgan fingerprint density at radius 1 is 1.47 bits per heavy atom. The fourth-order valence-corrected chi connectivity index (χ4v) is 1.85. The molecule has 1 aromatic heterocycles. The van der Waals surface area contributed by atoms with Gasteiger partial charge in [0.15, 0.2) is 0 Å². The molecule has 0 amide bonds. The first kappa shape index (κ1) is 10.4. The minimum atomic E-state index is 0.748. The fraction of sp³-hybridized carbons (Fsp3) is 0.583. The Hall–Kier alpha value is -1.09. The normalized spacial score (nSPS) is 17.7. The zero-order valence-corrected chi connectivity index (χ0v) is 9.20. The van der Waals surface area contributed by atoms with Crippen LogP contribution in [0.25, 0.3) is 0 Å². The lowest BCUT2D eigenvalue weighted by molar-refractivity contribution is 0.0699. The molecule has 0 bridgehead atoms. The maximum atomic E-state index is 5.34. The summed E-state index contributed by atoms with van der Waals surface area (Å²) in [5.41, 5.74) is 2.42. The van der Waals surface area contributed by atoms with Gasteiger partial charge in [0.25, 0.3) is 0 Å². The summed E-state index contributed by atoms with van der Waals surface area (Å²) in [4.78, 5) is 4.12. The largest absolute Gasteiger partial charge is 0.383 e. The second-order valence-corrected chi connectivity index (χ2v) is 4.13. The van der Waals surface area contributed by atoms with E-state index in [0.717, 1.165) is 31.4 Å². The van der Waals surface area contributed by atoms with Crippen LogP contribution in [-0.4, -0.2) is 24.7 Å². The second kappa shape index (κ2) is 5.12. The van der Waals surface area contributed by atoms with E-state index >= 15 is 0 Å². The lowest BCUT2D eigenvalue weighted by atomic mass is 10.0. The maximum Gasteiger partial charge on any atom is 0.0556 e. The summed E-state index contributed by atoms with van der Waals surface area (Å²) in [6.07, 6.45) is 6.07. The van der Waals surface area contributed by atoms with Crippen molar-refractivity contribution in [3.8, 4) is 0 Å². The van der Waals surface area contributed by atoms with E-state index in [1.54, 1.807) is 0 Å². The van der Waals surface area contributed by atoms with Crippen LogP contribution in [0.1, 0.15) is 18.4 Å².